The normalized spacial score (nSPS) is 13.7. The molecule has 29 heavy (non-hydrogen) atoms. The molecule has 1 aromatic carbocycles. The van der Waals surface area contributed by atoms with Crippen LogP contribution >= 0.6 is 11.6 Å². The highest BCUT2D eigenvalue weighted by molar-refractivity contribution is 6.32. The van der Waals surface area contributed by atoms with Crippen LogP contribution in [0.4, 0.5) is 0 Å². The molecule has 4 aromatic rings. The number of Topliss-reactive ketones (excluding diaryl/α,β-unsaturated/α-hetero) is 1. The third-order valence-corrected chi connectivity index (χ3v) is 5.47. The lowest BCUT2D eigenvalue weighted by molar-refractivity contribution is -0.117. The summed E-state index contributed by atoms with van der Waals surface area (Å²) in [7, 11) is 0. The van der Waals surface area contributed by atoms with E-state index in [4.69, 9.17) is 11.6 Å². The van der Waals surface area contributed by atoms with Crippen molar-refractivity contribution < 1.29 is 4.79 Å². The quantitative estimate of drug-likeness (QED) is 0.484. The van der Waals surface area contributed by atoms with Crippen molar-refractivity contribution in [2.24, 2.45) is 0 Å². The fourth-order valence-corrected chi connectivity index (χ4v) is 4.03. The third-order valence-electron chi connectivity index (χ3n) is 5.19. The van der Waals surface area contributed by atoms with E-state index in [1.54, 1.807) is 12.3 Å². The summed E-state index contributed by atoms with van der Waals surface area (Å²) in [6.07, 6.45) is 9.49. The number of hydrogen-bond donors (Lipinski definition) is 0. The van der Waals surface area contributed by atoms with Gasteiger partial charge in [-0.15, -0.1) is 0 Å². The van der Waals surface area contributed by atoms with Gasteiger partial charge in [0.05, 0.1) is 10.5 Å². The number of rotatable bonds is 6. The van der Waals surface area contributed by atoms with Crippen molar-refractivity contribution in [3.63, 3.8) is 0 Å². The maximum atomic E-state index is 12.8. The Morgan fingerprint density at radius 2 is 2.00 bits per heavy atom. The average Bonchev–Trinajstić information content (AvgIpc) is 3.41. The molecule has 0 amide bonds. The third kappa shape index (κ3) is 3.63. The monoisotopic (exact) mass is 403 g/mol. The van der Waals surface area contributed by atoms with Gasteiger partial charge in [0.1, 0.15) is 18.4 Å². The predicted octanol–water partition coefficient (Wildman–Crippen LogP) is 4.10. The molecule has 0 aliphatic heterocycles. The Balaban J connectivity index is 1.37. The fraction of sp³-hybridized carbons (Fsp3) is 0.227. The van der Waals surface area contributed by atoms with Gasteiger partial charge in [-0.1, -0.05) is 29.8 Å². The van der Waals surface area contributed by atoms with Gasteiger partial charge in [0.2, 0.25) is 0 Å². The maximum absolute atomic E-state index is 12.8. The molecule has 6 nitrogen and oxygen atoms in total. The van der Waals surface area contributed by atoms with E-state index in [0.29, 0.717) is 23.2 Å². The molecule has 1 aliphatic rings. The molecule has 1 saturated carbocycles. The van der Waals surface area contributed by atoms with E-state index >= 15 is 0 Å². The Hall–Kier alpha value is -3.12. The lowest BCUT2D eigenvalue weighted by atomic mass is 9.95. The van der Waals surface area contributed by atoms with Gasteiger partial charge in [-0.2, -0.15) is 5.10 Å². The molecule has 144 valence electrons. The van der Waals surface area contributed by atoms with Crippen LogP contribution in [0.1, 0.15) is 35.4 Å². The Morgan fingerprint density at radius 1 is 1.14 bits per heavy atom. The molecule has 3 heterocycles. The fourth-order valence-electron chi connectivity index (χ4n) is 3.75. The van der Waals surface area contributed by atoms with E-state index in [1.165, 1.54) is 41.1 Å². The molecule has 0 spiro atoms. The molecule has 0 unspecified atom stereocenters. The lowest BCUT2D eigenvalue weighted by Gasteiger charge is -2.12. The summed E-state index contributed by atoms with van der Waals surface area (Å²) >= 11 is 6.33. The van der Waals surface area contributed by atoms with Crippen LogP contribution in [0.25, 0.3) is 16.7 Å². The smallest absolute Gasteiger partial charge is 0.173 e. The zero-order chi connectivity index (χ0) is 19.8. The van der Waals surface area contributed by atoms with Crippen LogP contribution in [-0.4, -0.2) is 30.5 Å². The van der Waals surface area contributed by atoms with Gasteiger partial charge in [-0.05, 0) is 47.6 Å². The van der Waals surface area contributed by atoms with Crippen molar-refractivity contribution >= 4 is 28.3 Å². The summed E-state index contributed by atoms with van der Waals surface area (Å²) in [5, 5.41) is 5.64. The van der Waals surface area contributed by atoms with Crippen LogP contribution in [-0.2, 0) is 17.6 Å². The second-order valence-corrected chi connectivity index (χ2v) is 7.78. The standard InChI is InChI=1S/C22H18ClN5O/c23-19-8-14(10-26-22(19)28-13-24-12-27-28)7-17(29)9-16-11-25-20-4-2-1-3-18(20)21(16)15-5-6-15/h1-4,8,10-13,15H,5-7,9H2. The number of carbonyl (C=O) groups is 1. The van der Waals surface area contributed by atoms with E-state index in [9.17, 15) is 4.79 Å². The molecule has 0 atom stereocenters. The second-order valence-electron chi connectivity index (χ2n) is 7.37. The van der Waals surface area contributed by atoms with Gasteiger partial charge in [0.15, 0.2) is 5.82 Å². The first-order valence-electron chi connectivity index (χ1n) is 9.56. The second kappa shape index (κ2) is 7.37. The highest BCUT2D eigenvalue weighted by Crippen LogP contribution is 2.44. The predicted molar refractivity (Wildman–Crippen MR) is 110 cm³/mol. The summed E-state index contributed by atoms with van der Waals surface area (Å²) in [5.41, 5.74) is 4.10. The Bertz CT molecular complexity index is 1200. The number of pyridine rings is 2. The molecule has 1 fully saturated rings. The Morgan fingerprint density at radius 3 is 2.76 bits per heavy atom. The number of hydrogen-bond acceptors (Lipinski definition) is 5. The number of benzene rings is 1. The maximum Gasteiger partial charge on any atom is 0.173 e. The summed E-state index contributed by atoms with van der Waals surface area (Å²) in [5.74, 6) is 1.16. The van der Waals surface area contributed by atoms with Gasteiger partial charge < -0.3 is 0 Å². The number of halogens is 1. The van der Waals surface area contributed by atoms with Crippen LogP contribution in [0.3, 0.4) is 0 Å². The van der Waals surface area contributed by atoms with Crippen LogP contribution < -0.4 is 0 Å². The molecule has 7 heteroatoms. The van der Waals surface area contributed by atoms with Crippen molar-refractivity contribution in [1.82, 2.24) is 24.7 Å². The Labute approximate surface area is 172 Å². The summed E-state index contributed by atoms with van der Waals surface area (Å²) in [4.78, 5) is 25.6. The zero-order valence-corrected chi connectivity index (χ0v) is 16.4. The van der Waals surface area contributed by atoms with Gasteiger partial charge in [0, 0.05) is 30.6 Å². The van der Waals surface area contributed by atoms with Gasteiger partial charge in [-0.25, -0.2) is 14.6 Å². The van der Waals surface area contributed by atoms with E-state index in [2.05, 4.69) is 26.1 Å². The molecule has 0 N–H and O–H groups in total. The molecule has 0 radical (unpaired) electrons. The molecule has 3 aromatic heterocycles. The minimum Gasteiger partial charge on any atom is -0.299 e. The van der Waals surface area contributed by atoms with E-state index in [0.717, 1.165) is 16.6 Å². The largest absolute Gasteiger partial charge is 0.299 e. The number of nitrogens with zero attached hydrogens (tertiary/aromatic N) is 5. The van der Waals surface area contributed by atoms with Gasteiger partial charge in [0.25, 0.3) is 0 Å². The molecular formula is C22H18ClN5O. The molecular weight excluding hydrogens is 386 g/mol. The minimum absolute atomic E-state index is 0.121. The number of para-hydroxylation sites is 1. The van der Waals surface area contributed by atoms with Crippen LogP contribution in [0.15, 0.2) is 55.4 Å². The number of carbonyl (C=O) groups excluding carboxylic acids is 1. The Kier molecular flexibility index (Phi) is 4.56. The first kappa shape index (κ1) is 17.9. The summed E-state index contributed by atoms with van der Waals surface area (Å²) in [6.45, 7) is 0. The number of fused-ring (bicyclic) bond motifs is 1. The molecule has 5 rings (SSSR count). The molecule has 0 bridgehead atoms. The van der Waals surface area contributed by atoms with Gasteiger partial charge in [-0.3, -0.25) is 9.78 Å². The molecule has 1 aliphatic carbocycles. The summed E-state index contributed by atoms with van der Waals surface area (Å²) in [6, 6.07) is 9.93. The zero-order valence-electron chi connectivity index (χ0n) is 15.6. The first-order chi connectivity index (χ1) is 14.2. The molecule has 0 saturated heterocycles. The van der Waals surface area contributed by atoms with Crippen LogP contribution in [0.2, 0.25) is 5.02 Å². The number of aromatic nitrogens is 5. The summed E-state index contributed by atoms with van der Waals surface area (Å²) < 4.78 is 1.50. The lowest BCUT2D eigenvalue weighted by Crippen LogP contribution is -2.10. The van der Waals surface area contributed by atoms with E-state index in [1.807, 2.05) is 24.4 Å². The van der Waals surface area contributed by atoms with Crippen LogP contribution in [0.5, 0.6) is 0 Å². The van der Waals surface area contributed by atoms with Gasteiger partial charge >= 0.3 is 0 Å². The van der Waals surface area contributed by atoms with Crippen molar-refractivity contribution in [3.05, 3.63) is 77.1 Å². The van der Waals surface area contributed by atoms with Crippen molar-refractivity contribution in [2.45, 2.75) is 31.6 Å². The number of ketones is 1. The van der Waals surface area contributed by atoms with Crippen molar-refractivity contribution in [1.29, 1.82) is 0 Å². The van der Waals surface area contributed by atoms with Crippen molar-refractivity contribution in [2.75, 3.05) is 0 Å². The van der Waals surface area contributed by atoms with E-state index in [-0.39, 0.29) is 12.2 Å². The van der Waals surface area contributed by atoms with Crippen molar-refractivity contribution in [3.8, 4) is 5.82 Å². The SMILES string of the molecule is O=C(Cc1cnc(-n2cncn2)c(Cl)c1)Cc1cnc2ccccc2c1C1CC1. The average molecular weight is 404 g/mol. The minimum atomic E-state index is 0.121. The first-order valence-corrected chi connectivity index (χ1v) is 9.94. The van der Waals surface area contributed by atoms with E-state index < -0.39 is 0 Å². The highest BCUT2D eigenvalue weighted by atomic mass is 35.5. The van der Waals surface area contributed by atoms with Crippen LogP contribution in [0, 0.1) is 0 Å². The highest BCUT2D eigenvalue weighted by Gasteiger charge is 2.28. The topological polar surface area (TPSA) is 73.6 Å².